The van der Waals surface area contributed by atoms with E-state index >= 15 is 0 Å². The summed E-state index contributed by atoms with van der Waals surface area (Å²) in [7, 11) is -1.00. The van der Waals surface area contributed by atoms with Crippen LogP contribution in [0.25, 0.3) is 0 Å². The lowest BCUT2D eigenvalue weighted by Crippen LogP contribution is -2.05. The summed E-state index contributed by atoms with van der Waals surface area (Å²) in [5, 5.41) is 8.68. The van der Waals surface area contributed by atoms with Crippen molar-refractivity contribution in [3.63, 3.8) is 0 Å². The molecule has 0 fully saturated rings. The molecule has 0 aliphatic heterocycles. The van der Waals surface area contributed by atoms with Crippen LogP contribution in [0, 0.1) is 11.3 Å². The number of hydrogen-bond donors (Lipinski definition) is 1. The van der Waals surface area contributed by atoms with Crippen LogP contribution in [0.1, 0.15) is 18.1 Å². The lowest BCUT2D eigenvalue weighted by molar-refractivity contribution is 0.683. The molecule has 0 bridgehead atoms. The fraction of sp³-hybridized carbons (Fsp3) is 0.300. The summed E-state index contributed by atoms with van der Waals surface area (Å²) in [6, 6.07) is 7.12. The Morgan fingerprint density at radius 2 is 2.29 bits per heavy atom. The van der Waals surface area contributed by atoms with Gasteiger partial charge in [0.25, 0.3) is 0 Å². The molecule has 1 unspecified atom stereocenters. The molecule has 0 saturated carbocycles. The molecule has 74 valence electrons. The van der Waals surface area contributed by atoms with Crippen LogP contribution in [0.3, 0.4) is 0 Å². The highest BCUT2D eigenvalue weighted by molar-refractivity contribution is 7.85. The Bertz CT molecular complexity index is 396. The Balaban J connectivity index is 3.19. The van der Waals surface area contributed by atoms with Crippen LogP contribution in [-0.4, -0.2) is 9.96 Å². The summed E-state index contributed by atoms with van der Waals surface area (Å²) in [4.78, 5) is 0.744. The maximum Gasteiger partial charge on any atom is 0.0991 e. The largest absolute Gasteiger partial charge is 0.326 e. The number of nitrogens with zero attached hydrogens (tertiary/aromatic N) is 1. The SMILES string of the molecule is CCS(=O)c1ccc(C#N)cc1CN. The van der Waals surface area contributed by atoms with Crippen molar-refractivity contribution in [2.24, 2.45) is 5.73 Å². The van der Waals surface area contributed by atoms with E-state index < -0.39 is 10.8 Å². The summed E-state index contributed by atoms with van der Waals surface area (Å²) in [6.07, 6.45) is 0. The third-order valence-electron chi connectivity index (χ3n) is 1.92. The number of benzene rings is 1. The van der Waals surface area contributed by atoms with E-state index in [0.29, 0.717) is 17.9 Å². The molecule has 0 heterocycles. The van der Waals surface area contributed by atoms with Gasteiger partial charge in [-0.05, 0) is 23.8 Å². The second kappa shape index (κ2) is 4.89. The molecule has 1 aromatic rings. The van der Waals surface area contributed by atoms with Gasteiger partial charge in [-0.25, -0.2) is 0 Å². The predicted octanol–water partition coefficient (Wildman–Crippen LogP) is 1.14. The van der Waals surface area contributed by atoms with Gasteiger partial charge in [0.05, 0.1) is 22.4 Å². The lowest BCUT2D eigenvalue weighted by Gasteiger charge is -2.05. The van der Waals surface area contributed by atoms with Gasteiger partial charge in [0.2, 0.25) is 0 Å². The van der Waals surface area contributed by atoms with Gasteiger partial charge in [0.1, 0.15) is 0 Å². The minimum Gasteiger partial charge on any atom is -0.326 e. The van der Waals surface area contributed by atoms with Gasteiger partial charge in [-0.2, -0.15) is 5.26 Å². The molecule has 0 aliphatic carbocycles. The van der Waals surface area contributed by atoms with E-state index in [1.807, 2.05) is 13.0 Å². The molecule has 0 spiro atoms. The van der Waals surface area contributed by atoms with Gasteiger partial charge < -0.3 is 5.73 Å². The monoisotopic (exact) mass is 208 g/mol. The minimum atomic E-state index is -1.00. The fourth-order valence-electron chi connectivity index (χ4n) is 1.19. The molecule has 0 amide bonds. The van der Waals surface area contributed by atoms with E-state index in [2.05, 4.69) is 0 Å². The minimum absolute atomic E-state index is 0.316. The molecule has 2 N–H and O–H groups in total. The highest BCUT2D eigenvalue weighted by Crippen LogP contribution is 2.15. The smallest absolute Gasteiger partial charge is 0.0991 e. The first kappa shape index (κ1) is 10.9. The van der Waals surface area contributed by atoms with Crippen LogP contribution >= 0.6 is 0 Å². The zero-order valence-electron chi connectivity index (χ0n) is 7.99. The summed E-state index contributed by atoms with van der Waals surface area (Å²) in [5.41, 5.74) is 6.88. The average Bonchev–Trinajstić information content (AvgIpc) is 2.27. The van der Waals surface area contributed by atoms with E-state index in [9.17, 15) is 4.21 Å². The van der Waals surface area contributed by atoms with Crippen molar-refractivity contribution in [3.8, 4) is 6.07 Å². The van der Waals surface area contributed by atoms with Gasteiger partial charge in [0, 0.05) is 17.2 Å². The van der Waals surface area contributed by atoms with E-state index in [4.69, 9.17) is 11.0 Å². The van der Waals surface area contributed by atoms with Crippen LogP contribution in [0.15, 0.2) is 23.1 Å². The van der Waals surface area contributed by atoms with Crippen molar-refractivity contribution in [1.29, 1.82) is 5.26 Å². The Hall–Kier alpha value is -1.18. The van der Waals surface area contributed by atoms with Crippen LogP contribution in [-0.2, 0) is 17.3 Å². The first-order valence-electron chi connectivity index (χ1n) is 4.34. The van der Waals surface area contributed by atoms with Gasteiger partial charge in [-0.3, -0.25) is 4.21 Å². The molecule has 0 saturated heterocycles. The molecule has 1 atom stereocenters. The van der Waals surface area contributed by atoms with E-state index in [1.54, 1.807) is 18.2 Å². The maximum atomic E-state index is 11.6. The van der Waals surface area contributed by atoms with Crippen molar-refractivity contribution < 1.29 is 4.21 Å². The van der Waals surface area contributed by atoms with Crippen LogP contribution in [0.2, 0.25) is 0 Å². The summed E-state index contributed by atoms with van der Waals surface area (Å²) in [5.74, 6) is 0.568. The van der Waals surface area contributed by atoms with E-state index in [0.717, 1.165) is 10.5 Å². The van der Waals surface area contributed by atoms with Gasteiger partial charge >= 0.3 is 0 Å². The summed E-state index contributed by atoms with van der Waals surface area (Å²) < 4.78 is 11.6. The highest BCUT2D eigenvalue weighted by Gasteiger charge is 2.07. The lowest BCUT2D eigenvalue weighted by atomic mass is 10.1. The number of nitriles is 1. The molecule has 0 aromatic heterocycles. The Morgan fingerprint density at radius 3 is 2.79 bits per heavy atom. The van der Waals surface area contributed by atoms with Crippen LogP contribution < -0.4 is 5.73 Å². The molecule has 0 radical (unpaired) electrons. The second-order valence-electron chi connectivity index (χ2n) is 2.77. The number of hydrogen-bond acceptors (Lipinski definition) is 3. The summed E-state index contributed by atoms with van der Waals surface area (Å²) >= 11 is 0. The predicted molar refractivity (Wildman–Crippen MR) is 56.0 cm³/mol. The molecular formula is C10H12N2OS. The molecule has 4 heteroatoms. The van der Waals surface area contributed by atoms with Gasteiger partial charge in [-0.1, -0.05) is 6.92 Å². The van der Waals surface area contributed by atoms with Crippen molar-refractivity contribution in [3.05, 3.63) is 29.3 Å². The van der Waals surface area contributed by atoms with Crippen molar-refractivity contribution in [1.82, 2.24) is 0 Å². The van der Waals surface area contributed by atoms with Crippen molar-refractivity contribution >= 4 is 10.8 Å². The topological polar surface area (TPSA) is 66.9 Å². The Labute approximate surface area is 86.0 Å². The second-order valence-corrected chi connectivity index (χ2v) is 4.48. The standard InChI is InChI=1S/C10H12N2OS/c1-2-14(13)10-4-3-8(6-11)5-9(10)7-12/h3-5H,2,7,12H2,1H3. The average molecular weight is 208 g/mol. The molecule has 1 aromatic carbocycles. The van der Waals surface area contributed by atoms with E-state index in [-0.39, 0.29) is 0 Å². The van der Waals surface area contributed by atoms with Crippen LogP contribution in [0.5, 0.6) is 0 Å². The van der Waals surface area contributed by atoms with Crippen molar-refractivity contribution in [2.45, 2.75) is 18.4 Å². The normalized spacial score (nSPS) is 12.1. The molecule has 0 aliphatic rings. The molecule has 3 nitrogen and oxygen atoms in total. The zero-order valence-corrected chi connectivity index (χ0v) is 8.80. The summed E-state index contributed by atoms with van der Waals surface area (Å²) in [6.45, 7) is 2.17. The van der Waals surface area contributed by atoms with Gasteiger partial charge in [0.15, 0.2) is 0 Å². The van der Waals surface area contributed by atoms with Crippen molar-refractivity contribution in [2.75, 3.05) is 5.75 Å². The third kappa shape index (κ3) is 2.19. The molecular weight excluding hydrogens is 196 g/mol. The Morgan fingerprint density at radius 1 is 1.57 bits per heavy atom. The first-order valence-corrected chi connectivity index (χ1v) is 5.66. The first-order chi connectivity index (χ1) is 6.72. The quantitative estimate of drug-likeness (QED) is 0.810. The highest BCUT2D eigenvalue weighted by atomic mass is 32.2. The van der Waals surface area contributed by atoms with Gasteiger partial charge in [-0.15, -0.1) is 0 Å². The molecule has 1 rings (SSSR count). The Kier molecular flexibility index (Phi) is 3.81. The maximum absolute atomic E-state index is 11.6. The number of rotatable bonds is 3. The van der Waals surface area contributed by atoms with E-state index in [1.165, 1.54) is 0 Å². The number of nitrogens with two attached hydrogens (primary N) is 1. The third-order valence-corrected chi connectivity index (χ3v) is 3.33. The fourth-order valence-corrected chi connectivity index (χ4v) is 2.15. The zero-order chi connectivity index (χ0) is 10.6. The molecule has 14 heavy (non-hydrogen) atoms. The van der Waals surface area contributed by atoms with Crippen LogP contribution in [0.4, 0.5) is 0 Å².